The van der Waals surface area contributed by atoms with E-state index >= 15 is 0 Å². The maximum atomic E-state index is 12.2. The van der Waals surface area contributed by atoms with Crippen LogP contribution in [-0.4, -0.2) is 16.9 Å². The molecule has 0 spiro atoms. The van der Waals surface area contributed by atoms with Crippen molar-refractivity contribution in [2.24, 2.45) is 0 Å². The lowest BCUT2D eigenvalue weighted by Crippen LogP contribution is -2.30. The minimum absolute atomic E-state index is 0.0713. The number of ether oxygens (including phenoxy) is 1. The van der Waals surface area contributed by atoms with E-state index in [2.05, 4.69) is 5.32 Å². The van der Waals surface area contributed by atoms with Gasteiger partial charge in [0.2, 0.25) is 0 Å². The quantitative estimate of drug-likeness (QED) is 0.675. The Bertz CT molecular complexity index is 726. The predicted molar refractivity (Wildman–Crippen MR) is 87.7 cm³/mol. The van der Waals surface area contributed by atoms with Crippen LogP contribution in [0.1, 0.15) is 18.1 Å². The smallest absolute Gasteiger partial charge is 0.271 e. The van der Waals surface area contributed by atoms with Gasteiger partial charge in [0.15, 0.2) is 6.10 Å². The number of nitro benzene ring substituents is 1. The zero-order chi connectivity index (χ0) is 17.0. The van der Waals surface area contributed by atoms with Gasteiger partial charge in [-0.05, 0) is 38.5 Å². The van der Waals surface area contributed by atoms with Crippen molar-refractivity contribution in [1.29, 1.82) is 0 Å². The fourth-order valence-electron chi connectivity index (χ4n) is 1.97. The van der Waals surface area contributed by atoms with Crippen molar-refractivity contribution in [2.45, 2.75) is 26.9 Å². The second-order valence-corrected chi connectivity index (χ2v) is 5.32. The van der Waals surface area contributed by atoms with E-state index < -0.39 is 11.0 Å². The summed E-state index contributed by atoms with van der Waals surface area (Å²) in [5, 5.41) is 13.5. The van der Waals surface area contributed by atoms with Gasteiger partial charge in [0.1, 0.15) is 5.75 Å². The topological polar surface area (TPSA) is 81.5 Å². The van der Waals surface area contributed by atoms with Gasteiger partial charge in [-0.1, -0.05) is 23.8 Å². The molecule has 0 bridgehead atoms. The van der Waals surface area contributed by atoms with Gasteiger partial charge >= 0.3 is 0 Å². The first-order chi connectivity index (χ1) is 10.9. The van der Waals surface area contributed by atoms with Crippen LogP contribution in [0.15, 0.2) is 42.5 Å². The standard InChI is InChI=1S/C17H18N2O4/c1-11-4-8-15(9-5-11)23-13(3)17(20)18-16-10-14(19(21)22)7-6-12(16)2/h4-10,13H,1-3H3,(H,18,20). The Hall–Kier alpha value is -2.89. The summed E-state index contributed by atoms with van der Waals surface area (Å²) in [6, 6.07) is 11.7. The van der Waals surface area contributed by atoms with E-state index in [1.165, 1.54) is 12.1 Å². The van der Waals surface area contributed by atoms with Crippen molar-refractivity contribution in [3.8, 4) is 5.75 Å². The van der Waals surface area contributed by atoms with Crippen LogP contribution >= 0.6 is 0 Å². The molecule has 1 atom stereocenters. The Morgan fingerprint density at radius 3 is 2.43 bits per heavy atom. The first-order valence-corrected chi connectivity index (χ1v) is 7.16. The second kappa shape index (κ2) is 6.91. The fraction of sp³-hybridized carbons (Fsp3) is 0.235. The first kappa shape index (κ1) is 16.5. The number of rotatable bonds is 5. The largest absolute Gasteiger partial charge is 0.481 e. The van der Waals surface area contributed by atoms with Crippen LogP contribution in [0, 0.1) is 24.0 Å². The molecule has 0 aliphatic rings. The summed E-state index contributed by atoms with van der Waals surface area (Å²) in [5.74, 6) is 0.225. The molecule has 6 nitrogen and oxygen atoms in total. The number of hydrogen-bond acceptors (Lipinski definition) is 4. The van der Waals surface area contributed by atoms with E-state index in [0.29, 0.717) is 11.4 Å². The van der Waals surface area contributed by atoms with E-state index in [0.717, 1.165) is 11.1 Å². The Balaban J connectivity index is 2.07. The highest BCUT2D eigenvalue weighted by Gasteiger charge is 2.17. The van der Waals surface area contributed by atoms with Crippen molar-refractivity contribution in [3.63, 3.8) is 0 Å². The highest BCUT2D eigenvalue weighted by Crippen LogP contribution is 2.22. The lowest BCUT2D eigenvalue weighted by molar-refractivity contribution is -0.384. The molecule has 0 aliphatic heterocycles. The molecule has 1 unspecified atom stereocenters. The number of anilines is 1. The average molecular weight is 314 g/mol. The lowest BCUT2D eigenvalue weighted by atomic mass is 10.1. The monoisotopic (exact) mass is 314 g/mol. The molecule has 0 aliphatic carbocycles. The minimum Gasteiger partial charge on any atom is -0.481 e. The van der Waals surface area contributed by atoms with Crippen molar-refractivity contribution in [2.75, 3.05) is 5.32 Å². The van der Waals surface area contributed by atoms with Gasteiger partial charge < -0.3 is 10.1 Å². The number of nitrogens with zero attached hydrogens (tertiary/aromatic N) is 1. The molecule has 0 fully saturated rings. The zero-order valence-corrected chi connectivity index (χ0v) is 13.2. The van der Waals surface area contributed by atoms with Crippen LogP contribution < -0.4 is 10.1 Å². The van der Waals surface area contributed by atoms with Gasteiger partial charge in [-0.3, -0.25) is 14.9 Å². The Morgan fingerprint density at radius 1 is 1.17 bits per heavy atom. The van der Waals surface area contributed by atoms with E-state index in [9.17, 15) is 14.9 Å². The predicted octanol–water partition coefficient (Wildman–Crippen LogP) is 3.62. The maximum absolute atomic E-state index is 12.2. The normalized spacial score (nSPS) is 11.6. The number of carbonyl (C=O) groups is 1. The fourth-order valence-corrected chi connectivity index (χ4v) is 1.97. The van der Waals surface area contributed by atoms with E-state index in [1.807, 2.05) is 19.1 Å². The van der Waals surface area contributed by atoms with Crippen molar-refractivity contribution in [1.82, 2.24) is 0 Å². The number of aryl methyl sites for hydroxylation is 2. The molecule has 0 saturated heterocycles. The number of hydrogen-bond donors (Lipinski definition) is 1. The summed E-state index contributed by atoms with van der Waals surface area (Å²) < 4.78 is 5.57. The first-order valence-electron chi connectivity index (χ1n) is 7.16. The Labute approximate surface area is 134 Å². The average Bonchev–Trinajstić information content (AvgIpc) is 2.51. The SMILES string of the molecule is Cc1ccc(OC(C)C(=O)Nc2cc([N+](=O)[O-])ccc2C)cc1. The van der Waals surface area contributed by atoms with Crippen molar-refractivity contribution < 1.29 is 14.5 Å². The lowest BCUT2D eigenvalue weighted by Gasteiger charge is -2.15. The molecule has 120 valence electrons. The van der Waals surface area contributed by atoms with Gasteiger partial charge in [0.05, 0.1) is 10.6 Å². The Kier molecular flexibility index (Phi) is 4.95. The molecule has 23 heavy (non-hydrogen) atoms. The molecule has 0 heterocycles. The van der Waals surface area contributed by atoms with Crippen LogP contribution in [0.4, 0.5) is 11.4 Å². The summed E-state index contributed by atoms with van der Waals surface area (Å²) in [6.45, 7) is 5.36. The van der Waals surface area contributed by atoms with Crippen LogP contribution in [0.5, 0.6) is 5.75 Å². The van der Waals surface area contributed by atoms with Gasteiger partial charge in [-0.15, -0.1) is 0 Å². The summed E-state index contributed by atoms with van der Waals surface area (Å²) in [7, 11) is 0. The van der Waals surface area contributed by atoms with E-state index in [1.54, 1.807) is 32.0 Å². The summed E-state index contributed by atoms with van der Waals surface area (Å²) in [6.07, 6.45) is -0.726. The molecule has 2 aromatic carbocycles. The highest BCUT2D eigenvalue weighted by molar-refractivity contribution is 5.95. The summed E-state index contributed by atoms with van der Waals surface area (Å²) in [5.41, 5.74) is 2.18. The molecular weight excluding hydrogens is 296 g/mol. The number of nitro groups is 1. The molecular formula is C17H18N2O4. The Morgan fingerprint density at radius 2 is 1.83 bits per heavy atom. The maximum Gasteiger partial charge on any atom is 0.271 e. The second-order valence-electron chi connectivity index (χ2n) is 5.32. The number of amides is 1. The van der Waals surface area contributed by atoms with Crippen LogP contribution in [0.2, 0.25) is 0 Å². The third-order valence-corrected chi connectivity index (χ3v) is 3.39. The van der Waals surface area contributed by atoms with Crippen molar-refractivity contribution >= 4 is 17.3 Å². The summed E-state index contributed by atoms with van der Waals surface area (Å²) in [4.78, 5) is 22.5. The third kappa shape index (κ3) is 4.29. The summed E-state index contributed by atoms with van der Waals surface area (Å²) >= 11 is 0. The molecule has 2 rings (SSSR count). The number of carbonyl (C=O) groups excluding carboxylic acids is 1. The zero-order valence-electron chi connectivity index (χ0n) is 13.2. The molecule has 6 heteroatoms. The molecule has 1 N–H and O–H groups in total. The van der Waals surface area contributed by atoms with Gasteiger partial charge in [0, 0.05) is 12.1 Å². The van der Waals surface area contributed by atoms with Crippen LogP contribution in [0.25, 0.3) is 0 Å². The molecule has 0 radical (unpaired) electrons. The van der Waals surface area contributed by atoms with Crippen molar-refractivity contribution in [3.05, 3.63) is 63.7 Å². The molecule has 0 saturated carbocycles. The number of non-ortho nitro benzene ring substituents is 1. The van der Waals surface area contributed by atoms with Gasteiger partial charge in [-0.25, -0.2) is 0 Å². The highest BCUT2D eigenvalue weighted by atomic mass is 16.6. The minimum atomic E-state index is -0.726. The van der Waals surface area contributed by atoms with Crippen LogP contribution in [-0.2, 0) is 4.79 Å². The van der Waals surface area contributed by atoms with Crippen LogP contribution in [0.3, 0.4) is 0 Å². The van der Waals surface area contributed by atoms with E-state index in [4.69, 9.17) is 4.74 Å². The molecule has 2 aromatic rings. The van der Waals surface area contributed by atoms with Gasteiger partial charge in [-0.2, -0.15) is 0 Å². The molecule has 0 aromatic heterocycles. The van der Waals surface area contributed by atoms with E-state index in [-0.39, 0.29) is 11.6 Å². The molecule has 1 amide bonds. The number of benzene rings is 2. The third-order valence-electron chi connectivity index (χ3n) is 3.39. The van der Waals surface area contributed by atoms with Gasteiger partial charge in [0.25, 0.3) is 11.6 Å². The number of nitrogens with one attached hydrogen (secondary N) is 1.